The molecule has 0 bridgehead atoms. The van der Waals surface area contributed by atoms with Crippen molar-refractivity contribution >= 4 is 34.7 Å². The SMILES string of the molecule is COc1ccc([N+](=O)[O-])cc1N1C(=O)[C@@H]2[C@@H](C1=O)[C@@H](C(=O)c1cccc([N+](=O)[O-])c1)N1C=CC(C#N)=C[C@H]21. The number of anilines is 1. The van der Waals surface area contributed by atoms with Crippen LogP contribution in [-0.4, -0.2) is 51.5 Å². The first-order valence-corrected chi connectivity index (χ1v) is 11.2. The number of nitro benzene ring substituents is 2. The van der Waals surface area contributed by atoms with Crippen LogP contribution in [0.3, 0.4) is 0 Å². The third kappa shape index (κ3) is 3.58. The average Bonchev–Trinajstić information content (AvgIpc) is 3.39. The molecule has 2 aromatic carbocycles. The Morgan fingerprint density at radius 1 is 1.03 bits per heavy atom. The fourth-order valence-electron chi connectivity index (χ4n) is 5.27. The number of nitrogens with zero attached hydrogens (tertiary/aromatic N) is 5. The molecule has 3 aliphatic heterocycles. The largest absolute Gasteiger partial charge is 0.495 e. The Balaban J connectivity index is 1.64. The molecule has 0 aliphatic carbocycles. The number of carbonyl (C=O) groups is 3. The van der Waals surface area contributed by atoms with Gasteiger partial charge in [-0.3, -0.25) is 34.6 Å². The van der Waals surface area contributed by atoms with Crippen molar-refractivity contribution in [3.05, 3.63) is 92.2 Å². The van der Waals surface area contributed by atoms with Gasteiger partial charge in [0.15, 0.2) is 5.78 Å². The molecule has 0 spiro atoms. The van der Waals surface area contributed by atoms with Gasteiger partial charge in [0.1, 0.15) is 17.5 Å². The topological polar surface area (TPSA) is 177 Å². The van der Waals surface area contributed by atoms with Gasteiger partial charge in [-0.15, -0.1) is 0 Å². The zero-order valence-corrected chi connectivity index (χ0v) is 19.6. The van der Waals surface area contributed by atoms with E-state index in [1.807, 2.05) is 6.07 Å². The monoisotopic (exact) mass is 515 g/mol. The number of imide groups is 1. The smallest absolute Gasteiger partial charge is 0.271 e. The second-order valence-corrected chi connectivity index (χ2v) is 8.78. The second-order valence-electron chi connectivity index (χ2n) is 8.78. The highest BCUT2D eigenvalue weighted by Gasteiger charge is 2.64. The van der Waals surface area contributed by atoms with Crippen LogP contribution in [0.2, 0.25) is 0 Å². The highest BCUT2D eigenvalue weighted by atomic mass is 16.6. The summed E-state index contributed by atoms with van der Waals surface area (Å²) in [6.07, 6.45) is 4.39. The summed E-state index contributed by atoms with van der Waals surface area (Å²) in [6, 6.07) is 8.41. The number of Topliss-reactive ketones (excluding diaryl/α,β-unsaturated/α-hetero) is 1. The third-order valence-electron chi connectivity index (χ3n) is 6.90. The molecule has 13 heteroatoms. The fourth-order valence-corrected chi connectivity index (χ4v) is 5.27. The molecule has 190 valence electrons. The van der Waals surface area contributed by atoms with Crippen molar-refractivity contribution in [2.75, 3.05) is 12.0 Å². The van der Waals surface area contributed by atoms with Crippen molar-refractivity contribution in [2.45, 2.75) is 12.1 Å². The number of nitro groups is 2. The van der Waals surface area contributed by atoms with E-state index < -0.39 is 51.4 Å². The molecule has 3 aliphatic rings. The maximum atomic E-state index is 13.8. The zero-order chi connectivity index (χ0) is 27.3. The van der Waals surface area contributed by atoms with Gasteiger partial charge >= 0.3 is 0 Å². The van der Waals surface area contributed by atoms with E-state index in [1.54, 1.807) is 0 Å². The molecule has 0 radical (unpaired) electrons. The first-order chi connectivity index (χ1) is 18.2. The van der Waals surface area contributed by atoms with E-state index >= 15 is 0 Å². The van der Waals surface area contributed by atoms with Crippen LogP contribution in [-0.2, 0) is 9.59 Å². The van der Waals surface area contributed by atoms with E-state index in [4.69, 9.17) is 4.74 Å². The third-order valence-corrected chi connectivity index (χ3v) is 6.90. The number of allylic oxidation sites excluding steroid dienone is 2. The molecule has 0 aromatic heterocycles. The lowest BCUT2D eigenvalue weighted by Gasteiger charge is -2.32. The number of hydrogen-bond donors (Lipinski definition) is 0. The number of non-ortho nitro benzene ring substituents is 2. The van der Waals surface area contributed by atoms with Crippen LogP contribution in [0.15, 0.2) is 66.4 Å². The molecule has 5 rings (SSSR count). The van der Waals surface area contributed by atoms with Crippen LogP contribution in [0.25, 0.3) is 0 Å². The van der Waals surface area contributed by atoms with Gasteiger partial charge in [0, 0.05) is 36.0 Å². The van der Waals surface area contributed by atoms with Crippen molar-refractivity contribution in [2.24, 2.45) is 11.8 Å². The molecule has 2 fully saturated rings. The minimum Gasteiger partial charge on any atom is -0.495 e. The van der Waals surface area contributed by atoms with Gasteiger partial charge in [-0.25, -0.2) is 4.90 Å². The molecule has 0 N–H and O–H groups in total. The van der Waals surface area contributed by atoms with E-state index in [1.165, 1.54) is 60.7 Å². The van der Waals surface area contributed by atoms with Gasteiger partial charge in [0.05, 0.1) is 46.5 Å². The van der Waals surface area contributed by atoms with E-state index in [2.05, 4.69) is 0 Å². The maximum Gasteiger partial charge on any atom is 0.271 e. The first kappa shape index (κ1) is 24.3. The molecular formula is C25H17N5O8. The van der Waals surface area contributed by atoms with Gasteiger partial charge < -0.3 is 9.64 Å². The normalized spacial score (nSPS) is 23.4. The molecule has 3 heterocycles. The fraction of sp³-hybridized carbons (Fsp3) is 0.200. The van der Waals surface area contributed by atoms with Crippen molar-refractivity contribution in [3.8, 4) is 11.8 Å². The van der Waals surface area contributed by atoms with E-state index in [0.717, 1.165) is 17.0 Å². The Hall–Kier alpha value is -5.38. The Kier molecular flexibility index (Phi) is 5.71. The number of ketones is 1. The molecule has 13 nitrogen and oxygen atoms in total. The van der Waals surface area contributed by atoms with Gasteiger partial charge in [-0.2, -0.15) is 5.26 Å². The molecular weight excluding hydrogens is 498 g/mol. The summed E-state index contributed by atoms with van der Waals surface area (Å²) < 4.78 is 5.26. The quantitative estimate of drug-likeness (QED) is 0.240. The van der Waals surface area contributed by atoms with E-state index in [9.17, 15) is 39.9 Å². The Morgan fingerprint density at radius 3 is 2.37 bits per heavy atom. The number of hydrogen-bond acceptors (Lipinski definition) is 10. The van der Waals surface area contributed by atoms with Gasteiger partial charge in [-0.1, -0.05) is 12.1 Å². The predicted molar refractivity (Wildman–Crippen MR) is 129 cm³/mol. The molecule has 2 amide bonds. The van der Waals surface area contributed by atoms with Gasteiger partial charge in [0.2, 0.25) is 11.8 Å². The number of methoxy groups -OCH3 is 1. The van der Waals surface area contributed by atoms with Gasteiger partial charge in [0.25, 0.3) is 11.4 Å². The molecule has 4 atom stereocenters. The first-order valence-electron chi connectivity index (χ1n) is 11.2. The number of benzene rings is 2. The molecule has 2 saturated heterocycles. The molecule has 0 saturated carbocycles. The molecule has 0 unspecified atom stereocenters. The highest BCUT2D eigenvalue weighted by molar-refractivity contribution is 6.25. The number of carbonyl (C=O) groups excluding carboxylic acids is 3. The van der Waals surface area contributed by atoms with Crippen LogP contribution in [0.1, 0.15) is 10.4 Å². The van der Waals surface area contributed by atoms with Crippen molar-refractivity contribution in [1.29, 1.82) is 5.26 Å². The number of fused-ring (bicyclic) bond motifs is 3. The lowest BCUT2D eigenvalue weighted by Crippen LogP contribution is -2.46. The number of rotatable bonds is 6. The second kappa shape index (κ2) is 8.93. The van der Waals surface area contributed by atoms with Crippen LogP contribution < -0.4 is 9.64 Å². The maximum absolute atomic E-state index is 13.8. The van der Waals surface area contributed by atoms with Crippen molar-refractivity contribution in [1.82, 2.24) is 4.90 Å². The average molecular weight is 515 g/mol. The summed E-state index contributed by atoms with van der Waals surface area (Å²) >= 11 is 0. The van der Waals surface area contributed by atoms with Crippen LogP contribution in [0, 0.1) is 43.4 Å². The molecule has 2 aromatic rings. The van der Waals surface area contributed by atoms with Crippen molar-refractivity contribution < 1.29 is 29.0 Å². The number of ether oxygens (including phenoxy) is 1. The Labute approximate surface area is 214 Å². The zero-order valence-electron chi connectivity index (χ0n) is 19.6. The van der Waals surface area contributed by atoms with Gasteiger partial charge in [-0.05, 0) is 18.2 Å². The van der Waals surface area contributed by atoms with E-state index in [0.29, 0.717) is 0 Å². The standard InChI is InChI=1S/C25H17N5O8/c1-38-19-6-5-16(30(36)37)11-17(19)28-24(32)20-18-9-13(12-26)7-8-27(18)22(21(20)25(28)33)23(31)14-3-2-4-15(10-14)29(34)35/h2-11,18,20-22H,1H3/t18-,20+,21-,22+/m1/s1. The molecule has 38 heavy (non-hydrogen) atoms. The Bertz CT molecular complexity index is 1540. The summed E-state index contributed by atoms with van der Waals surface area (Å²) in [6.45, 7) is 0. The summed E-state index contributed by atoms with van der Waals surface area (Å²) in [5.41, 5.74) is -0.648. The summed E-state index contributed by atoms with van der Waals surface area (Å²) in [5, 5.41) is 32.1. The van der Waals surface area contributed by atoms with Crippen LogP contribution in [0.5, 0.6) is 5.75 Å². The summed E-state index contributed by atoms with van der Waals surface area (Å²) in [4.78, 5) is 65.0. The minimum absolute atomic E-state index is 0.0290. The summed E-state index contributed by atoms with van der Waals surface area (Å²) in [5.74, 6) is -4.43. The highest BCUT2D eigenvalue weighted by Crippen LogP contribution is 2.48. The van der Waals surface area contributed by atoms with Crippen LogP contribution >= 0.6 is 0 Å². The Morgan fingerprint density at radius 2 is 1.71 bits per heavy atom. The van der Waals surface area contributed by atoms with Crippen LogP contribution in [0.4, 0.5) is 17.1 Å². The number of nitriles is 1. The minimum atomic E-state index is -1.23. The summed E-state index contributed by atoms with van der Waals surface area (Å²) in [7, 11) is 1.28. The number of amides is 2. The predicted octanol–water partition coefficient (Wildman–Crippen LogP) is 2.53. The lowest BCUT2D eigenvalue weighted by molar-refractivity contribution is -0.385. The lowest BCUT2D eigenvalue weighted by atomic mass is 9.86. The van der Waals surface area contributed by atoms with E-state index in [-0.39, 0.29) is 33.9 Å². The van der Waals surface area contributed by atoms with Crippen molar-refractivity contribution in [3.63, 3.8) is 0 Å².